The van der Waals surface area contributed by atoms with E-state index in [9.17, 15) is 4.79 Å². The van der Waals surface area contributed by atoms with E-state index < -0.39 is 12.0 Å². The van der Waals surface area contributed by atoms with Crippen molar-refractivity contribution in [3.05, 3.63) is 0 Å². The van der Waals surface area contributed by atoms with Crippen LogP contribution in [0, 0.1) is 5.92 Å². The smallest absolute Gasteiger partial charge is 0.320 e. The fourth-order valence-electron chi connectivity index (χ4n) is 0.285. The van der Waals surface area contributed by atoms with Crippen LogP contribution in [0.2, 0.25) is 0 Å². The van der Waals surface area contributed by atoms with Crippen molar-refractivity contribution in [1.29, 1.82) is 0 Å². The quantitative estimate of drug-likeness (QED) is 0.595. The minimum atomic E-state index is -0.931. The second-order valence-electron chi connectivity index (χ2n) is 2.11. The van der Waals surface area contributed by atoms with Gasteiger partial charge in [-0.05, 0) is 5.92 Å². The van der Waals surface area contributed by atoms with Crippen LogP contribution in [0.15, 0.2) is 0 Å². The predicted molar refractivity (Wildman–Crippen MR) is 41.3 cm³/mol. The van der Waals surface area contributed by atoms with Crippen LogP contribution in [0.4, 0.5) is 0 Å². The monoisotopic (exact) mass is 171 g/mol. The molecule has 0 spiro atoms. The number of hydrogen-bond donors (Lipinski definition) is 2. The molecule has 4 nitrogen and oxygen atoms in total. The number of aliphatic carboxylic acids is 1. The van der Waals surface area contributed by atoms with E-state index >= 15 is 0 Å². The lowest BCUT2D eigenvalue weighted by Gasteiger charge is -2.07. The maximum Gasteiger partial charge on any atom is 0.320 e. The summed E-state index contributed by atoms with van der Waals surface area (Å²) in [5.74, 6) is -0.910. The summed E-state index contributed by atoms with van der Waals surface area (Å²) in [6.45, 7) is 3.55. The first-order valence-corrected chi connectivity index (χ1v) is 2.54. The summed E-state index contributed by atoms with van der Waals surface area (Å²) >= 11 is 0. The Balaban J connectivity index is -0.000000245. The van der Waals surface area contributed by atoms with Crippen molar-refractivity contribution in [2.75, 3.05) is 0 Å². The van der Waals surface area contributed by atoms with Crippen LogP contribution in [-0.4, -0.2) is 22.6 Å². The molecule has 64 valence electrons. The Kier molecular flexibility index (Phi) is 11.1. The number of halogens is 1. The van der Waals surface area contributed by atoms with E-state index in [2.05, 4.69) is 0 Å². The minimum Gasteiger partial charge on any atom is -0.480 e. The normalized spacial score (nSPS) is 11.2. The zero-order valence-electron chi connectivity index (χ0n) is 6.00. The van der Waals surface area contributed by atoms with Gasteiger partial charge in [0, 0.05) is 0 Å². The maximum atomic E-state index is 10.0. The highest BCUT2D eigenvalue weighted by atomic mass is 35.5. The SMILES string of the molecule is CC(C)[C@H](N)C(=O)O.Cl.O. The van der Waals surface area contributed by atoms with Gasteiger partial charge in [0.1, 0.15) is 6.04 Å². The third kappa shape index (κ3) is 5.81. The number of nitrogens with two attached hydrogens (primary N) is 1. The lowest BCUT2D eigenvalue weighted by Crippen LogP contribution is -2.34. The summed E-state index contributed by atoms with van der Waals surface area (Å²) in [6, 6.07) is -0.713. The molecular formula is C5H14ClNO3. The van der Waals surface area contributed by atoms with E-state index in [4.69, 9.17) is 10.8 Å². The van der Waals surface area contributed by atoms with Crippen LogP contribution >= 0.6 is 12.4 Å². The van der Waals surface area contributed by atoms with E-state index in [1.165, 1.54) is 0 Å². The van der Waals surface area contributed by atoms with Gasteiger partial charge in [0.25, 0.3) is 0 Å². The summed E-state index contributed by atoms with van der Waals surface area (Å²) in [5, 5.41) is 8.23. The predicted octanol–water partition coefficient (Wildman–Crippen LogP) is -0.349. The molecule has 0 amide bonds. The molecule has 0 aromatic rings. The number of carbonyl (C=O) groups is 1. The standard InChI is InChI=1S/C5H11NO2.ClH.H2O/c1-3(2)4(6)5(7)8;;/h3-4H,6H2,1-2H3,(H,7,8);1H;1H2/t4-;;/m0../s1. The van der Waals surface area contributed by atoms with Crippen LogP contribution in [0.1, 0.15) is 13.8 Å². The molecule has 0 bridgehead atoms. The van der Waals surface area contributed by atoms with Crippen molar-refractivity contribution in [3.8, 4) is 0 Å². The summed E-state index contributed by atoms with van der Waals surface area (Å²) in [7, 11) is 0. The zero-order valence-corrected chi connectivity index (χ0v) is 6.81. The molecule has 0 aliphatic heterocycles. The molecule has 10 heavy (non-hydrogen) atoms. The Morgan fingerprint density at radius 2 is 1.80 bits per heavy atom. The largest absolute Gasteiger partial charge is 0.480 e. The summed E-state index contributed by atoms with van der Waals surface area (Å²) < 4.78 is 0. The highest BCUT2D eigenvalue weighted by Gasteiger charge is 2.14. The van der Waals surface area contributed by atoms with E-state index in [0.29, 0.717) is 0 Å². The molecule has 0 saturated carbocycles. The van der Waals surface area contributed by atoms with Crippen molar-refractivity contribution in [2.45, 2.75) is 19.9 Å². The molecule has 0 saturated heterocycles. The van der Waals surface area contributed by atoms with Crippen molar-refractivity contribution in [1.82, 2.24) is 0 Å². The third-order valence-electron chi connectivity index (χ3n) is 1.00. The first kappa shape index (κ1) is 16.3. The van der Waals surface area contributed by atoms with Crippen molar-refractivity contribution in [3.63, 3.8) is 0 Å². The van der Waals surface area contributed by atoms with Gasteiger partial charge in [0.05, 0.1) is 0 Å². The molecule has 0 heterocycles. The topological polar surface area (TPSA) is 94.8 Å². The molecule has 0 aromatic carbocycles. The molecule has 0 radical (unpaired) electrons. The van der Waals surface area contributed by atoms with E-state index in [1.54, 1.807) is 13.8 Å². The molecule has 0 rings (SSSR count). The molecule has 1 atom stereocenters. The summed E-state index contributed by atoms with van der Waals surface area (Å²) in [6.07, 6.45) is 0. The Morgan fingerprint density at radius 3 is 1.80 bits per heavy atom. The average molecular weight is 172 g/mol. The van der Waals surface area contributed by atoms with Gasteiger partial charge in [0.2, 0.25) is 0 Å². The number of carboxylic acid groups (broad SMARTS) is 1. The van der Waals surface area contributed by atoms with Gasteiger partial charge in [0.15, 0.2) is 0 Å². The number of carboxylic acids is 1. The van der Waals surface area contributed by atoms with Gasteiger partial charge in [-0.15, -0.1) is 12.4 Å². The van der Waals surface area contributed by atoms with E-state index in [1.807, 2.05) is 0 Å². The Morgan fingerprint density at radius 1 is 1.50 bits per heavy atom. The van der Waals surface area contributed by atoms with Gasteiger partial charge in [-0.25, -0.2) is 0 Å². The maximum absolute atomic E-state index is 10.0. The molecule has 0 aliphatic rings. The molecule has 5 N–H and O–H groups in total. The molecule has 0 aliphatic carbocycles. The molecule has 5 heteroatoms. The second kappa shape index (κ2) is 6.80. The first-order chi connectivity index (χ1) is 3.55. The van der Waals surface area contributed by atoms with E-state index in [-0.39, 0.29) is 23.8 Å². The Bertz CT molecular complexity index is 96.9. The third-order valence-corrected chi connectivity index (χ3v) is 1.00. The number of hydrogen-bond acceptors (Lipinski definition) is 2. The summed E-state index contributed by atoms with van der Waals surface area (Å²) in [4.78, 5) is 10.0. The van der Waals surface area contributed by atoms with Gasteiger partial charge in [-0.2, -0.15) is 0 Å². The molecule has 0 aromatic heterocycles. The fourth-order valence-corrected chi connectivity index (χ4v) is 0.285. The highest BCUT2D eigenvalue weighted by Crippen LogP contribution is 1.96. The molecular weight excluding hydrogens is 158 g/mol. The number of rotatable bonds is 2. The van der Waals surface area contributed by atoms with Crippen molar-refractivity contribution < 1.29 is 15.4 Å². The lowest BCUT2D eigenvalue weighted by atomic mass is 10.1. The average Bonchev–Trinajstić information content (AvgIpc) is 1.64. The lowest BCUT2D eigenvalue weighted by molar-refractivity contribution is -0.139. The van der Waals surface area contributed by atoms with Crippen LogP contribution < -0.4 is 5.73 Å². The zero-order chi connectivity index (χ0) is 6.73. The first-order valence-electron chi connectivity index (χ1n) is 2.54. The van der Waals surface area contributed by atoms with Crippen LogP contribution in [0.25, 0.3) is 0 Å². The minimum absolute atomic E-state index is 0. The summed E-state index contributed by atoms with van der Waals surface area (Å²) in [5.41, 5.74) is 5.16. The van der Waals surface area contributed by atoms with Crippen molar-refractivity contribution >= 4 is 18.4 Å². The fraction of sp³-hybridized carbons (Fsp3) is 0.800. The molecule has 0 fully saturated rings. The highest BCUT2D eigenvalue weighted by molar-refractivity contribution is 5.85. The van der Waals surface area contributed by atoms with Crippen LogP contribution in [0.3, 0.4) is 0 Å². The van der Waals surface area contributed by atoms with Gasteiger partial charge < -0.3 is 16.3 Å². The van der Waals surface area contributed by atoms with Gasteiger partial charge in [-0.3, -0.25) is 4.79 Å². The molecule has 0 unspecified atom stereocenters. The van der Waals surface area contributed by atoms with Crippen LogP contribution in [0.5, 0.6) is 0 Å². The van der Waals surface area contributed by atoms with Gasteiger partial charge in [-0.1, -0.05) is 13.8 Å². The van der Waals surface area contributed by atoms with Crippen molar-refractivity contribution in [2.24, 2.45) is 11.7 Å². The van der Waals surface area contributed by atoms with Gasteiger partial charge >= 0.3 is 5.97 Å². The Labute approximate surface area is 66.1 Å². The van der Waals surface area contributed by atoms with Crippen LogP contribution in [-0.2, 0) is 4.79 Å². The Hall–Kier alpha value is -0.320. The second-order valence-corrected chi connectivity index (χ2v) is 2.11. The van der Waals surface area contributed by atoms with E-state index in [0.717, 1.165) is 0 Å².